The SMILES string of the molecule is CCNCCc1c(CC)nn(-c2cccnn2)c1CC. The Morgan fingerprint density at radius 3 is 2.65 bits per heavy atom. The fraction of sp³-hybridized carbons (Fsp3) is 0.533. The highest BCUT2D eigenvalue weighted by atomic mass is 15.3. The van der Waals surface area contributed by atoms with Crippen molar-refractivity contribution in [2.75, 3.05) is 13.1 Å². The van der Waals surface area contributed by atoms with Gasteiger partial charge in [0.15, 0.2) is 5.82 Å². The number of hydrogen-bond donors (Lipinski definition) is 1. The second kappa shape index (κ2) is 7.14. The molecule has 0 atom stereocenters. The summed E-state index contributed by atoms with van der Waals surface area (Å²) in [5.74, 6) is 0.800. The maximum atomic E-state index is 4.73. The van der Waals surface area contributed by atoms with E-state index in [1.807, 2.05) is 16.8 Å². The normalized spacial score (nSPS) is 10.9. The largest absolute Gasteiger partial charge is 0.317 e. The van der Waals surface area contributed by atoms with Crippen LogP contribution in [-0.2, 0) is 19.3 Å². The van der Waals surface area contributed by atoms with Gasteiger partial charge in [-0.25, -0.2) is 4.68 Å². The van der Waals surface area contributed by atoms with Gasteiger partial charge in [0, 0.05) is 11.9 Å². The van der Waals surface area contributed by atoms with Crippen LogP contribution < -0.4 is 5.32 Å². The van der Waals surface area contributed by atoms with E-state index in [-0.39, 0.29) is 0 Å². The summed E-state index contributed by atoms with van der Waals surface area (Å²) in [4.78, 5) is 0. The van der Waals surface area contributed by atoms with E-state index in [1.165, 1.54) is 17.0 Å². The first-order valence-electron chi connectivity index (χ1n) is 7.40. The van der Waals surface area contributed by atoms with Crippen molar-refractivity contribution in [1.29, 1.82) is 0 Å². The maximum absolute atomic E-state index is 4.73. The third-order valence-corrected chi connectivity index (χ3v) is 3.42. The summed E-state index contributed by atoms with van der Waals surface area (Å²) in [6, 6.07) is 3.85. The summed E-state index contributed by atoms with van der Waals surface area (Å²) in [6.07, 6.45) is 4.60. The number of aromatic nitrogens is 4. The number of hydrogen-bond acceptors (Lipinski definition) is 4. The molecule has 0 aliphatic rings. The molecule has 1 N–H and O–H groups in total. The van der Waals surface area contributed by atoms with Crippen molar-refractivity contribution in [1.82, 2.24) is 25.3 Å². The minimum atomic E-state index is 0.800. The molecule has 0 aliphatic heterocycles. The first kappa shape index (κ1) is 14.7. The smallest absolute Gasteiger partial charge is 0.175 e. The second-order valence-corrected chi connectivity index (χ2v) is 4.68. The van der Waals surface area contributed by atoms with Gasteiger partial charge in [-0.15, -0.1) is 5.10 Å². The summed E-state index contributed by atoms with van der Waals surface area (Å²) >= 11 is 0. The van der Waals surface area contributed by atoms with E-state index in [0.29, 0.717) is 0 Å². The highest BCUT2D eigenvalue weighted by Gasteiger charge is 2.16. The molecule has 0 bridgehead atoms. The van der Waals surface area contributed by atoms with Crippen molar-refractivity contribution in [2.45, 2.75) is 40.0 Å². The number of nitrogens with one attached hydrogen (secondary N) is 1. The lowest BCUT2D eigenvalue weighted by Gasteiger charge is -2.07. The van der Waals surface area contributed by atoms with Crippen molar-refractivity contribution in [3.8, 4) is 5.82 Å². The molecule has 2 aromatic rings. The van der Waals surface area contributed by atoms with Gasteiger partial charge in [0.2, 0.25) is 0 Å². The van der Waals surface area contributed by atoms with E-state index in [4.69, 9.17) is 5.10 Å². The average Bonchev–Trinajstić information content (AvgIpc) is 2.86. The molecule has 0 unspecified atom stereocenters. The summed E-state index contributed by atoms with van der Waals surface area (Å²) < 4.78 is 1.95. The molecule has 2 rings (SSSR count). The summed E-state index contributed by atoms with van der Waals surface area (Å²) in [6.45, 7) is 8.44. The molecule has 0 aromatic carbocycles. The quantitative estimate of drug-likeness (QED) is 0.783. The Morgan fingerprint density at radius 2 is 2.05 bits per heavy atom. The molecular weight excluding hydrogens is 250 g/mol. The molecule has 0 amide bonds. The molecule has 2 heterocycles. The fourth-order valence-corrected chi connectivity index (χ4v) is 2.46. The minimum absolute atomic E-state index is 0.800. The van der Waals surface area contributed by atoms with Crippen LogP contribution in [-0.4, -0.2) is 33.1 Å². The van der Waals surface area contributed by atoms with Gasteiger partial charge < -0.3 is 5.32 Å². The first-order valence-corrected chi connectivity index (χ1v) is 7.40. The Kier molecular flexibility index (Phi) is 5.24. The van der Waals surface area contributed by atoms with Crippen LogP contribution in [0.3, 0.4) is 0 Å². The lowest BCUT2D eigenvalue weighted by Crippen LogP contribution is -2.17. The average molecular weight is 273 g/mol. The van der Waals surface area contributed by atoms with Crippen LogP contribution in [0.1, 0.15) is 37.7 Å². The van der Waals surface area contributed by atoms with Crippen molar-refractivity contribution in [2.24, 2.45) is 0 Å². The third kappa shape index (κ3) is 3.04. The molecule has 0 saturated carbocycles. The molecule has 5 heteroatoms. The first-order chi connectivity index (χ1) is 9.81. The van der Waals surface area contributed by atoms with Gasteiger partial charge in [-0.05, 0) is 50.0 Å². The van der Waals surface area contributed by atoms with Gasteiger partial charge in [0.1, 0.15) is 0 Å². The van der Waals surface area contributed by atoms with Crippen LogP contribution in [0.2, 0.25) is 0 Å². The Hall–Kier alpha value is -1.75. The topological polar surface area (TPSA) is 55.6 Å². The molecule has 0 spiro atoms. The Labute approximate surface area is 120 Å². The predicted octanol–water partition coefficient (Wildman–Crippen LogP) is 1.94. The van der Waals surface area contributed by atoms with Crippen molar-refractivity contribution >= 4 is 0 Å². The highest BCUT2D eigenvalue weighted by Crippen LogP contribution is 2.19. The number of likely N-dealkylation sites (N-methyl/N-ethyl adjacent to an activating group) is 1. The van der Waals surface area contributed by atoms with Crippen molar-refractivity contribution in [3.05, 3.63) is 35.3 Å². The van der Waals surface area contributed by atoms with Crippen LogP contribution in [0.5, 0.6) is 0 Å². The van der Waals surface area contributed by atoms with Gasteiger partial charge in [0.25, 0.3) is 0 Å². The zero-order valence-electron chi connectivity index (χ0n) is 12.6. The van der Waals surface area contributed by atoms with Gasteiger partial charge in [-0.1, -0.05) is 20.8 Å². The third-order valence-electron chi connectivity index (χ3n) is 3.42. The molecule has 5 nitrogen and oxygen atoms in total. The predicted molar refractivity (Wildman–Crippen MR) is 80.2 cm³/mol. The zero-order chi connectivity index (χ0) is 14.4. The summed E-state index contributed by atoms with van der Waals surface area (Å²) in [7, 11) is 0. The number of aryl methyl sites for hydroxylation is 1. The summed E-state index contributed by atoms with van der Waals surface area (Å²) in [5, 5.41) is 16.2. The second-order valence-electron chi connectivity index (χ2n) is 4.68. The number of nitrogens with zero attached hydrogens (tertiary/aromatic N) is 4. The van der Waals surface area contributed by atoms with Gasteiger partial charge in [-0.2, -0.15) is 10.2 Å². The van der Waals surface area contributed by atoms with E-state index in [1.54, 1.807) is 6.20 Å². The fourth-order valence-electron chi connectivity index (χ4n) is 2.46. The van der Waals surface area contributed by atoms with E-state index in [0.717, 1.165) is 38.2 Å². The van der Waals surface area contributed by atoms with Crippen LogP contribution in [0.4, 0.5) is 0 Å². The van der Waals surface area contributed by atoms with E-state index in [2.05, 4.69) is 36.3 Å². The van der Waals surface area contributed by atoms with Crippen LogP contribution in [0.15, 0.2) is 18.3 Å². The molecule has 0 fully saturated rings. The zero-order valence-corrected chi connectivity index (χ0v) is 12.6. The standard InChI is InChI=1S/C15H23N5/c1-4-13-12(9-11-16-6-3)14(5-2)20(19-13)15-8-7-10-17-18-15/h7-8,10,16H,4-6,9,11H2,1-3H3. The summed E-state index contributed by atoms with van der Waals surface area (Å²) in [5.41, 5.74) is 3.78. The molecule has 0 radical (unpaired) electrons. The Balaban J connectivity index is 2.38. The van der Waals surface area contributed by atoms with Crippen molar-refractivity contribution in [3.63, 3.8) is 0 Å². The lowest BCUT2D eigenvalue weighted by molar-refractivity contribution is 0.708. The Bertz CT molecular complexity index is 533. The van der Waals surface area contributed by atoms with Gasteiger partial charge in [0.05, 0.1) is 5.69 Å². The van der Waals surface area contributed by atoms with E-state index in [9.17, 15) is 0 Å². The molecule has 2 aromatic heterocycles. The minimum Gasteiger partial charge on any atom is -0.317 e. The van der Waals surface area contributed by atoms with Crippen LogP contribution in [0, 0.1) is 0 Å². The monoisotopic (exact) mass is 273 g/mol. The molecule has 20 heavy (non-hydrogen) atoms. The van der Waals surface area contributed by atoms with Crippen LogP contribution >= 0.6 is 0 Å². The molecule has 0 aliphatic carbocycles. The number of rotatable bonds is 7. The molecule has 0 saturated heterocycles. The van der Waals surface area contributed by atoms with E-state index < -0.39 is 0 Å². The van der Waals surface area contributed by atoms with Crippen LogP contribution in [0.25, 0.3) is 5.82 Å². The Morgan fingerprint density at radius 1 is 1.20 bits per heavy atom. The van der Waals surface area contributed by atoms with Crippen molar-refractivity contribution < 1.29 is 0 Å². The van der Waals surface area contributed by atoms with E-state index >= 15 is 0 Å². The lowest BCUT2D eigenvalue weighted by atomic mass is 10.1. The molecule has 108 valence electrons. The maximum Gasteiger partial charge on any atom is 0.175 e. The van der Waals surface area contributed by atoms with Gasteiger partial charge >= 0.3 is 0 Å². The van der Waals surface area contributed by atoms with Gasteiger partial charge in [-0.3, -0.25) is 0 Å². The molecular formula is C15H23N5. The highest BCUT2D eigenvalue weighted by molar-refractivity contribution is 5.33.